The van der Waals surface area contributed by atoms with Crippen LogP contribution in [0.4, 0.5) is 5.82 Å². The van der Waals surface area contributed by atoms with Crippen LogP contribution < -0.4 is 4.90 Å². The molecule has 1 heterocycles. The summed E-state index contributed by atoms with van der Waals surface area (Å²) in [5.74, 6) is 0.603. The maximum absolute atomic E-state index is 9.43. The standard InChI is InChI=1S/C18H16BrN5/c1-2-23(13-14-6-4-3-5-7-14)18-17(12-20)21-24(22-18)16-10-8-15(19)9-11-16/h3-11H,2,13H2,1H3. The summed E-state index contributed by atoms with van der Waals surface area (Å²) < 4.78 is 0.985. The van der Waals surface area contributed by atoms with Gasteiger partial charge in [0.25, 0.3) is 0 Å². The molecule has 0 N–H and O–H groups in total. The van der Waals surface area contributed by atoms with Gasteiger partial charge >= 0.3 is 0 Å². The molecule has 6 heteroatoms. The van der Waals surface area contributed by atoms with Gasteiger partial charge in [-0.1, -0.05) is 46.3 Å². The Morgan fingerprint density at radius 2 is 1.79 bits per heavy atom. The predicted octanol–water partition coefficient (Wildman–Crippen LogP) is 3.93. The van der Waals surface area contributed by atoms with E-state index in [0.29, 0.717) is 18.1 Å². The third-order valence-corrected chi connectivity index (χ3v) is 4.19. The minimum Gasteiger partial charge on any atom is -0.349 e. The zero-order valence-electron chi connectivity index (χ0n) is 13.2. The van der Waals surface area contributed by atoms with Crippen LogP contribution in [-0.2, 0) is 6.54 Å². The van der Waals surface area contributed by atoms with Gasteiger partial charge in [-0.25, -0.2) is 0 Å². The molecule has 0 spiro atoms. The molecule has 3 aromatic rings. The molecule has 3 rings (SSSR count). The average molecular weight is 382 g/mol. The molecule has 0 unspecified atom stereocenters. The zero-order valence-corrected chi connectivity index (χ0v) is 14.8. The first-order valence-electron chi connectivity index (χ1n) is 7.63. The molecule has 0 bridgehead atoms. The lowest BCUT2D eigenvalue weighted by molar-refractivity contribution is 0.733. The number of hydrogen-bond acceptors (Lipinski definition) is 4. The molecular formula is C18H16BrN5. The van der Waals surface area contributed by atoms with Crippen LogP contribution in [0.15, 0.2) is 59.1 Å². The maximum atomic E-state index is 9.43. The van der Waals surface area contributed by atoms with Crippen LogP contribution in [-0.4, -0.2) is 21.5 Å². The van der Waals surface area contributed by atoms with E-state index < -0.39 is 0 Å². The van der Waals surface area contributed by atoms with E-state index in [1.54, 1.807) is 0 Å². The summed E-state index contributed by atoms with van der Waals surface area (Å²) in [6.07, 6.45) is 0. The van der Waals surface area contributed by atoms with Crippen LogP contribution in [0.2, 0.25) is 0 Å². The van der Waals surface area contributed by atoms with E-state index in [1.807, 2.05) is 49.4 Å². The number of nitrogens with zero attached hydrogens (tertiary/aromatic N) is 5. The number of hydrogen-bond donors (Lipinski definition) is 0. The minimum atomic E-state index is 0.329. The summed E-state index contributed by atoms with van der Waals surface area (Å²) in [7, 11) is 0. The SMILES string of the molecule is CCN(Cc1ccccc1)c1nn(-c2ccc(Br)cc2)nc1C#N. The molecule has 0 atom stereocenters. The number of benzene rings is 2. The Bertz CT molecular complexity index is 849. The topological polar surface area (TPSA) is 57.7 Å². The van der Waals surface area contributed by atoms with Gasteiger partial charge in [0.15, 0.2) is 5.82 Å². The second-order valence-electron chi connectivity index (χ2n) is 5.25. The molecule has 5 nitrogen and oxygen atoms in total. The third-order valence-electron chi connectivity index (χ3n) is 3.66. The number of nitriles is 1. The fourth-order valence-electron chi connectivity index (χ4n) is 2.41. The van der Waals surface area contributed by atoms with Gasteiger partial charge in [-0.2, -0.15) is 5.26 Å². The Balaban J connectivity index is 1.94. The van der Waals surface area contributed by atoms with E-state index >= 15 is 0 Å². The van der Waals surface area contributed by atoms with E-state index in [2.05, 4.69) is 49.2 Å². The smallest absolute Gasteiger partial charge is 0.207 e. The summed E-state index contributed by atoms with van der Waals surface area (Å²) in [6.45, 7) is 3.47. The van der Waals surface area contributed by atoms with Gasteiger partial charge in [0, 0.05) is 17.6 Å². The van der Waals surface area contributed by atoms with Crippen LogP contribution in [0.1, 0.15) is 18.2 Å². The van der Waals surface area contributed by atoms with Gasteiger partial charge in [0.1, 0.15) is 6.07 Å². The van der Waals surface area contributed by atoms with Crippen molar-refractivity contribution in [1.82, 2.24) is 15.0 Å². The van der Waals surface area contributed by atoms with Gasteiger partial charge in [0.2, 0.25) is 5.69 Å². The molecule has 1 aromatic heterocycles. The Hall–Kier alpha value is -2.65. The zero-order chi connectivity index (χ0) is 16.9. The van der Waals surface area contributed by atoms with Crippen molar-refractivity contribution in [3.8, 4) is 11.8 Å². The predicted molar refractivity (Wildman–Crippen MR) is 96.9 cm³/mol. The number of aromatic nitrogens is 3. The highest BCUT2D eigenvalue weighted by Crippen LogP contribution is 2.20. The first-order chi connectivity index (χ1) is 11.7. The van der Waals surface area contributed by atoms with Crippen molar-refractivity contribution in [2.45, 2.75) is 13.5 Å². The van der Waals surface area contributed by atoms with Crippen LogP contribution in [0, 0.1) is 11.3 Å². The fraction of sp³-hybridized carbons (Fsp3) is 0.167. The first kappa shape index (κ1) is 16.2. The second kappa shape index (κ2) is 7.28. The molecule has 0 saturated carbocycles. The monoisotopic (exact) mass is 381 g/mol. The molecule has 2 aromatic carbocycles. The molecule has 24 heavy (non-hydrogen) atoms. The average Bonchev–Trinajstić information content (AvgIpc) is 3.05. The highest BCUT2D eigenvalue weighted by Gasteiger charge is 2.18. The van der Waals surface area contributed by atoms with Crippen molar-refractivity contribution in [2.24, 2.45) is 0 Å². The minimum absolute atomic E-state index is 0.329. The molecule has 120 valence electrons. The van der Waals surface area contributed by atoms with E-state index in [1.165, 1.54) is 10.4 Å². The van der Waals surface area contributed by atoms with Crippen LogP contribution in [0.5, 0.6) is 0 Å². The summed E-state index contributed by atoms with van der Waals surface area (Å²) in [5, 5.41) is 18.3. The maximum Gasteiger partial charge on any atom is 0.207 e. The quantitative estimate of drug-likeness (QED) is 0.671. The molecule has 0 saturated heterocycles. The van der Waals surface area contributed by atoms with Gasteiger partial charge in [0.05, 0.1) is 5.69 Å². The van der Waals surface area contributed by atoms with Gasteiger partial charge in [-0.15, -0.1) is 15.0 Å². The largest absolute Gasteiger partial charge is 0.349 e. The summed E-state index contributed by atoms with van der Waals surface area (Å²) in [4.78, 5) is 3.56. The first-order valence-corrected chi connectivity index (χ1v) is 8.43. The Labute approximate surface area is 149 Å². The Kier molecular flexibility index (Phi) is 4.92. The molecule has 0 aliphatic heterocycles. The van der Waals surface area contributed by atoms with E-state index in [9.17, 15) is 5.26 Å². The van der Waals surface area contributed by atoms with Crippen molar-refractivity contribution >= 4 is 21.7 Å². The summed E-state index contributed by atoms with van der Waals surface area (Å²) in [6, 6.07) is 19.9. The van der Waals surface area contributed by atoms with Gasteiger partial charge in [-0.05, 0) is 36.8 Å². The fourth-order valence-corrected chi connectivity index (χ4v) is 2.68. The lowest BCUT2D eigenvalue weighted by Crippen LogP contribution is -2.23. The lowest BCUT2D eigenvalue weighted by atomic mass is 10.2. The highest BCUT2D eigenvalue weighted by atomic mass is 79.9. The molecule has 0 aliphatic carbocycles. The second-order valence-corrected chi connectivity index (χ2v) is 6.17. The van der Waals surface area contributed by atoms with Crippen LogP contribution in [0.25, 0.3) is 5.69 Å². The normalized spacial score (nSPS) is 10.4. The van der Waals surface area contributed by atoms with Crippen molar-refractivity contribution in [3.63, 3.8) is 0 Å². The molecule has 0 aliphatic rings. The Morgan fingerprint density at radius 3 is 2.42 bits per heavy atom. The number of rotatable bonds is 5. The van der Waals surface area contributed by atoms with Gasteiger partial charge < -0.3 is 4.90 Å². The van der Waals surface area contributed by atoms with E-state index in [0.717, 1.165) is 16.7 Å². The van der Waals surface area contributed by atoms with Crippen molar-refractivity contribution in [2.75, 3.05) is 11.4 Å². The molecule has 0 radical (unpaired) electrons. The highest BCUT2D eigenvalue weighted by molar-refractivity contribution is 9.10. The van der Waals surface area contributed by atoms with E-state index in [4.69, 9.17) is 0 Å². The molecule has 0 amide bonds. The number of anilines is 1. The van der Waals surface area contributed by atoms with Crippen LogP contribution >= 0.6 is 15.9 Å². The lowest BCUT2D eigenvalue weighted by Gasteiger charge is -2.20. The van der Waals surface area contributed by atoms with E-state index in [-0.39, 0.29) is 0 Å². The Morgan fingerprint density at radius 1 is 1.08 bits per heavy atom. The van der Waals surface area contributed by atoms with Crippen LogP contribution in [0.3, 0.4) is 0 Å². The van der Waals surface area contributed by atoms with Crippen molar-refractivity contribution < 1.29 is 0 Å². The van der Waals surface area contributed by atoms with Crippen molar-refractivity contribution in [3.05, 3.63) is 70.3 Å². The third kappa shape index (κ3) is 3.47. The van der Waals surface area contributed by atoms with Crippen molar-refractivity contribution in [1.29, 1.82) is 5.26 Å². The molecular weight excluding hydrogens is 366 g/mol. The molecule has 0 fully saturated rings. The van der Waals surface area contributed by atoms with Gasteiger partial charge in [-0.3, -0.25) is 0 Å². The summed E-state index contributed by atoms with van der Waals surface area (Å²) in [5.41, 5.74) is 2.31. The number of halogens is 1. The summed E-state index contributed by atoms with van der Waals surface area (Å²) >= 11 is 3.41.